The van der Waals surface area contributed by atoms with Gasteiger partial charge >= 0.3 is 6.03 Å². The molecule has 1 aliphatic carbocycles. The molecule has 0 heterocycles. The van der Waals surface area contributed by atoms with Crippen molar-refractivity contribution < 1.29 is 4.79 Å². The molecule has 1 aliphatic rings. The fourth-order valence-corrected chi connectivity index (χ4v) is 1.80. The van der Waals surface area contributed by atoms with Crippen LogP contribution in [0.4, 0.5) is 4.79 Å². The van der Waals surface area contributed by atoms with Gasteiger partial charge in [-0.2, -0.15) is 0 Å². The van der Waals surface area contributed by atoms with Gasteiger partial charge in [-0.05, 0) is 18.8 Å². The first-order chi connectivity index (χ1) is 6.13. The number of rotatable bonds is 3. The summed E-state index contributed by atoms with van der Waals surface area (Å²) in [5.41, 5.74) is 0. The van der Waals surface area contributed by atoms with Gasteiger partial charge in [0.05, 0.1) is 0 Å². The molecule has 1 N–H and O–H groups in total. The lowest BCUT2D eigenvalue weighted by Crippen LogP contribution is -2.47. The second kappa shape index (κ2) is 4.49. The number of nitrogens with one attached hydrogen (secondary N) is 1. The number of hydrogen-bond donors (Lipinski definition) is 1. The lowest BCUT2D eigenvalue weighted by molar-refractivity contribution is 0.180. The van der Waals surface area contributed by atoms with Crippen LogP contribution in [0, 0.1) is 5.92 Å². The van der Waals surface area contributed by atoms with Crippen LogP contribution in [0.2, 0.25) is 0 Å². The van der Waals surface area contributed by atoms with E-state index in [9.17, 15) is 4.79 Å². The van der Waals surface area contributed by atoms with E-state index < -0.39 is 0 Å². The smallest absolute Gasteiger partial charge is 0.317 e. The number of carbonyl (C=O) groups excluding carboxylic acids is 1. The Hall–Kier alpha value is -0.730. The zero-order valence-corrected chi connectivity index (χ0v) is 8.84. The first-order valence-corrected chi connectivity index (χ1v) is 5.11. The van der Waals surface area contributed by atoms with Crippen LogP contribution >= 0.6 is 0 Å². The van der Waals surface area contributed by atoms with Crippen molar-refractivity contribution >= 4 is 6.03 Å². The maximum Gasteiger partial charge on any atom is 0.317 e. The molecule has 3 nitrogen and oxygen atoms in total. The second-order valence-electron chi connectivity index (χ2n) is 4.17. The van der Waals surface area contributed by atoms with Crippen LogP contribution in [-0.4, -0.2) is 31.1 Å². The molecule has 3 heteroatoms. The van der Waals surface area contributed by atoms with E-state index in [1.807, 2.05) is 0 Å². The highest BCUT2D eigenvalue weighted by Gasteiger charge is 2.29. The van der Waals surface area contributed by atoms with Crippen LogP contribution in [0.3, 0.4) is 0 Å². The van der Waals surface area contributed by atoms with Gasteiger partial charge in [-0.25, -0.2) is 4.79 Å². The Kier molecular flexibility index (Phi) is 3.58. The highest BCUT2D eigenvalue weighted by molar-refractivity contribution is 5.73. The largest absolute Gasteiger partial charge is 0.335 e. The van der Waals surface area contributed by atoms with E-state index in [1.54, 1.807) is 19.0 Å². The predicted molar refractivity (Wildman–Crippen MR) is 53.6 cm³/mol. The topological polar surface area (TPSA) is 32.3 Å². The summed E-state index contributed by atoms with van der Waals surface area (Å²) in [5, 5.41) is 2.99. The summed E-state index contributed by atoms with van der Waals surface area (Å²) in [4.78, 5) is 12.8. The highest BCUT2D eigenvalue weighted by atomic mass is 16.2. The molecule has 0 saturated heterocycles. The normalized spacial score (nSPS) is 26.4. The molecule has 1 saturated carbocycles. The Morgan fingerprint density at radius 3 is 2.54 bits per heavy atom. The molecule has 0 unspecified atom stereocenters. The lowest BCUT2D eigenvalue weighted by atomic mass is 9.78. The van der Waals surface area contributed by atoms with E-state index in [2.05, 4.69) is 12.2 Å². The number of hydrogen-bond acceptors (Lipinski definition) is 1. The zero-order chi connectivity index (χ0) is 9.84. The maximum absolute atomic E-state index is 11.2. The summed E-state index contributed by atoms with van der Waals surface area (Å²) in [5.74, 6) is 0.859. The van der Waals surface area contributed by atoms with Gasteiger partial charge in [-0.1, -0.05) is 19.8 Å². The summed E-state index contributed by atoms with van der Waals surface area (Å²) >= 11 is 0. The third-order valence-electron chi connectivity index (χ3n) is 2.67. The van der Waals surface area contributed by atoms with Gasteiger partial charge in [0.1, 0.15) is 0 Å². The van der Waals surface area contributed by atoms with Gasteiger partial charge in [0.25, 0.3) is 0 Å². The van der Waals surface area contributed by atoms with Gasteiger partial charge < -0.3 is 10.2 Å². The molecule has 0 radical (unpaired) electrons. The van der Waals surface area contributed by atoms with Crippen molar-refractivity contribution in [3.63, 3.8) is 0 Å². The number of carbonyl (C=O) groups is 1. The molecule has 76 valence electrons. The minimum Gasteiger partial charge on any atom is -0.335 e. The molecule has 1 fully saturated rings. The molecule has 2 amide bonds. The first-order valence-electron chi connectivity index (χ1n) is 5.11. The van der Waals surface area contributed by atoms with Gasteiger partial charge in [-0.3, -0.25) is 0 Å². The molecular weight excluding hydrogens is 164 g/mol. The second-order valence-corrected chi connectivity index (χ2v) is 4.17. The predicted octanol–water partition coefficient (Wildman–Crippen LogP) is 1.84. The van der Waals surface area contributed by atoms with Crippen molar-refractivity contribution in [2.75, 3.05) is 14.1 Å². The highest BCUT2D eigenvalue weighted by Crippen LogP contribution is 2.31. The fourth-order valence-electron chi connectivity index (χ4n) is 1.80. The molecule has 0 atom stereocenters. The minimum absolute atomic E-state index is 0.0416. The Morgan fingerprint density at radius 2 is 2.08 bits per heavy atom. The van der Waals surface area contributed by atoms with Crippen LogP contribution in [0.25, 0.3) is 0 Å². The summed E-state index contributed by atoms with van der Waals surface area (Å²) in [6, 6.07) is 0.478. The van der Waals surface area contributed by atoms with Crippen molar-refractivity contribution in [1.82, 2.24) is 10.2 Å². The molecule has 0 aromatic carbocycles. The monoisotopic (exact) mass is 184 g/mol. The van der Waals surface area contributed by atoms with E-state index in [-0.39, 0.29) is 6.03 Å². The van der Waals surface area contributed by atoms with Crippen LogP contribution in [0.15, 0.2) is 0 Å². The molecule has 0 aromatic heterocycles. The van der Waals surface area contributed by atoms with Crippen molar-refractivity contribution in [3.05, 3.63) is 0 Å². The Morgan fingerprint density at radius 1 is 1.46 bits per heavy atom. The zero-order valence-electron chi connectivity index (χ0n) is 8.84. The van der Waals surface area contributed by atoms with Crippen LogP contribution < -0.4 is 5.32 Å². The molecule has 0 bridgehead atoms. The third kappa shape index (κ3) is 2.90. The van der Waals surface area contributed by atoms with Gasteiger partial charge in [0, 0.05) is 20.1 Å². The lowest BCUT2D eigenvalue weighted by Gasteiger charge is -2.36. The van der Waals surface area contributed by atoms with Crippen molar-refractivity contribution in [2.24, 2.45) is 5.92 Å². The first kappa shape index (κ1) is 10.4. The SMILES string of the molecule is CCC[C@H]1C[C@H](NC(=O)N(C)C)C1. The molecule has 0 aromatic rings. The van der Waals surface area contributed by atoms with Crippen molar-refractivity contribution in [2.45, 2.75) is 38.6 Å². The van der Waals surface area contributed by atoms with Crippen LogP contribution in [-0.2, 0) is 0 Å². The van der Waals surface area contributed by atoms with E-state index >= 15 is 0 Å². The van der Waals surface area contributed by atoms with E-state index in [4.69, 9.17) is 0 Å². The minimum atomic E-state index is 0.0416. The van der Waals surface area contributed by atoms with E-state index in [0.717, 1.165) is 5.92 Å². The average Bonchev–Trinajstić information content (AvgIpc) is 2.00. The molecule has 13 heavy (non-hydrogen) atoms. The quantitative estimate of drug-likeness (QED) is 0.713. The van der Waals surface area contributed by atoms with Crippen molar-refractivity contribution in [1.29, 1.82) is 0 Å². The van der Waals surface area contributed by atoms with Gasteiger partial charge in [-0.15, -0.1) is 0 Å². The molecule has 0 aliphatic heterocycles. The van der Waals surface area contributed by atoms with Crippen LogP contribution in [0.5, 0.6) is 0 Å². The average molecular weight is 184 g/mol. The molecular formula is C10H20N2O. The number of nitrogens with zero attached hydrogens (tertiary/aromatic N) is 1. The Bertz CT molecular complexity index is 174. The summed E-state index contributed by atoms with van der Waals surface area (Å²) < 4.78 is 0. The molecule has 1 rings (SSSR count). The molecule has 0 spiro atoms. The van der Waals surface area contributed by atoms with E-state index in [0.29, 0.717) is 6.04 Å². The van der Waals surface area contributed by atoms with E-state index in [1.165, 1.54) is 25.7 Å². The maximum atomic E-state index is 11.2. The van der Waals surface area contributed by atoms with Crippen molar-refractivity contribution in [3.8, 4) is 0 Å². The fraction of sp³-hybridized carbons (Fsp3) is 0.900. The number of urea groups is 1. The Balaban J connectivity index is 2.11. The Labute approximate surface area is 80.5 Å². The summed E-state index contributed by atoms with van der Waals surface area (Å²) in [6.45, 7) is 2.21. The third-order valence-corrected chi connectivity index (χ3v) is 2.67. The summed E-state index contributed by atoms with van der Waals surface area (Å²) in [6.07, 6.45) is 4.92. The standard InChI is InChI=1S/C10H20N2O/c1-4-5-8-6-9(7-8)11-10(13)12(2)3/h8-9H,4-7H2,1-3H3,(H,11,13)/t8-,9-. The number of amides is 2. The van der Waals surface area contributed by atoms with Crippen LogP contribution in [0.1, 0.15) is 32.6 Å². The van der Waals surface area contributed by atoms with Gasteiger partial charge in [0.2, 0.25) is 0 Å². The summed E-state index contributed by atoms with van der Waals surface area (Å²) in [7, 11) is 3.55. The van der Waals surface area contributed by atoms with Gasteiger partial charge in [0.15, 0.2) is 0 Å².